The van der Waals surface area contributed by atoms with Crippen LogP contribution in [-0.4, -0.2) is 23.1 Å². The van der Waals surface area contributed by atoms with Crippen LogP contribution in [0.15, 0.2) is 0 Å². The van der Waals surface area contributed by atoms with Crippen LogP contribution >= 0.6 is 0 Å². The first-order valence-electron chi connectivity index (χ1n) is 3.71. The number of hydrogen-bond donors (Lipinski definition) is 0. The minimum atomic E-state index is 0. The molecule has 0 rings (SSSR count). The first-order valence-corrected chi connectivity index (χ1v) is 3.71. The predicted molar refractivity (Wildman–Crippen MR) is 45.6 cm³/mol. The summed E-state index contributed by atoms with van der Waals surface area (Å²) in [6.07, 6.45) is 7.98. The van der Waals surface area contributed by atoms with Crippen molar-refractivity contribution in [3.05, 3.63) is 6.92 Å². The molecule has 0 aliphatic rings. The van der Waals surface area contributed by atoms with Gasteiger partial charge in [-0.25, -0.2) is 0 Å². The Bertz CT molecular complexity index is 34.2. The summed E-state index contributed by atoms with van der Waals surface area (Å²) in [4.78, 5) is 0. The Morgan fingerprint density at radius 2 is 1.67 bits per heavy atom. The van der Waals surface area contributed by atoms with Crippen molar-refractivity contribution in [2.75, 3.05) is 0 Å². The molecule has 0 aliphatic carbocycles. The van der Waals surface area contributed by atoms with Crippen molar-refractivity contribution in [2.45, 2.75) is 45.4 Å². The van der Waals surface area contributed by atoms with Crippen LogP contribution in [0, 0.1) is 6.92 Å². The molecule has 0 amide bonds. The summed E-state index contributed by atoms with van der Waals surface area (Å²) >= 11 is 0. The molecule has 0 aromatic heterocycles. The van der Waals surface area contributed by atoms with Crippen LogP contribution in [0.25, 0.3) is 0 Å². The Hall–Kier alpha value is 0.766. The molecular weight excluding hydrogens is 120 g/mol. The van der Waals surface area contributed by atoms with Crippen molar-refractivity contribution in [2.24, 2.45) is 0 Å². The molecule has 0 saturated heterocycles. The second-order valence-electron chi connectivity index (χ2n) is 2.27. The van der Waals surface area contributed by atoms with E-state index in [0.717, 1.165) is 6.42 Å². The molecule has 0 fully saturated rings. The molecule has 0 nitrogen and oxygen atoms in total. The molecule has 0 bridgehead atoms. The van der Waals surface area contributed by atoms with Crippen LogP contribution in [0.5, 0.6) is 0 Å². The predicted octanol–water partition coefficient (Wildman–Crippen LogP) is 2.91. The van der Waals surface area contributed by atoms with E-state index in [1.54, 1.807) is 0 Å². The van der Waals surface area contributed by atoms with Crippen LogP contribution < -0.4 is 0 Å². The van der Waals surface area contributed by atoms with E-state index in [1.807, 2.05) is 0 Å². The van der Waals surface area contributed by atoms with Crippen molar-refractivity contribution in [1.82, 2.24) is 0 Å². The van der Waals surface area contributed by atoms with E-state index in [1.165, 1.54) is 32.1 Å². The maximum absolute atomic E-state index is 3.78. The van der Waals surface area contributed by atoms with E-state index in [0.29, 0.717) is 0 Å². The minimum absolute atomic E-state index is 0. The standard InChI is InChI=1S/C8H17.Mg.H/c1-3-5-7-8-6-4-2;;/h1,3-8H2,2H3;;/q-1;+2;-1. The third-order valence-electron chi connectivity index (χ3n) is 1.35. The van der Waals surface area contributed by atoms with Gasteiger partial charge >= 0.3 is 23.1 Å². The fourth-order valence-corrected chi connectivity index (χ4v) is 0.780. The van der Waals surface area contributed by atoms with Gasteiger partial charge in [-0.15, -0.1) is 0 Å². The summed E-state index contributed by atoms with van der Waals surface area (Å²) in [5.74, 6) is 0. The van der Waals surface area contributed by atoms with Crippen molar-refractivity contribution in [1.29, 1.82) is 0 Å². The zero-order valence-corrected chi connectivity index (χ0v) is 8.07. The van der Waals surface area contributed by atoms with Crippen molar-refractivity contribution >= 4 is 23.1 Å². The fourth-order valence-electron chi connectivity index (χ4n) is 0.780. The fraction of sp³-hybridized carbons (Fsp3) is 0.875. The van der Waals surface area contributed by atoms with Crippen LogP contribution in [0.4, 0.5) is 0 Å². The Morgan fingerprint density at radius 3 is 2.11 bits per heavy atom. The SMILES string of the molecule is [CH2-]CCCCCCC.[H-].[Mg+2]. The van der Waals surface area contributed by atoms with Gasteiger partial charge < -0.3 is 8.35 Å². The molecule has 0 aromatic rings. The average Bonchev–Trinajstić information content (AvgIpc) is 1.81. The molecule has 0 heterocycles. The zero-order valence-electron chi connectivity index (χ0n) is 7.66. The van der Waals surface area contributed by atoms with Gasteiger partial charge in [0.2, 0.25) is 0 Å². The Kier molecular flexibility index (Phi) is 16.0. The van der Waals surface area contributed by atoms with E-state index in [2.05, 4.69) is 13.8 Å². The summed E-state index contributed by atoms with van der Waals surface area (Å²) in [7, 11) is 0. The number of unbranched alkanes of at least 4 members (excludes halogenated alkanes) is 5. The monoisotopic (exact) mass is 138 g/mol. The summed E-state index contributed by atoms with van der Waals surface area (Å²) in [5, 5.41) is 0. The molecule has 0 atom stereocenters. The second kappa shape index (κ2) is 11.5. The van der Waals surface area contributed by atoms with E-state index >= 15 is 0 Å². The van der Waals surface area contributed by atoms with Gasteiger partial charge in [0.15, 0.2) is 0 Å². The molecule has 0 aromatic carbocycles. The van der Waals surface area contributed by atoms with E-state index in [4.69, 9.17) is 0 Å². The Labute approximate surface area is 77.0 Å². The molecule has 0 radical (unpaired) electrons. The Balaban J connectivity index is -0.000000245. The van der Waals surface area contributed by atoms with Gasteiger partial charge in [-0.1, -0.05) is 39.0 Å². The maximum atomic E-state index is 3.78. The first-order chi connectivity index (χ1) is 3.91. The molecule has 0 aliphatic heterocycles. The van der Waals surface area contributed by atoms with Gasteiger partial charge in [0.25, 0.3) is 0 Å². The van der Waals surface area contributed by atoms with Crippen molar-refractivity contribution in [3.8, 4) is 0 Å². The third-order valence-corrected chi connectivity index (χ3v) is 1.35. The molecule has 0 spiro atoms. The molecular formula is C8H18Mg. The molecule has 0 unspecified atom stereocenters. The van der Waals surface area contributed by atoms with Crippen molar-refractivity contribution < 1.29 is 1.43 Å². The van der Waals surface area contributed by atoms with Crippen LogP contribution in [-0.2, 0) is 0 Å². The molecule has 9 heavy (non-hydrogen) atoms. The zero-order chi connectivity index (χ0) is 6.24. The van der Waals surface area contributed by atoms with E-state index < -0.39 is 0 Å². The summed E-state index contributed by atoms with van der Waals surface area (Å²) in [5.41, 5.74) is 0. The third kappa shape index (κ3) is 12.1. The summed E-state index contributed by atoms with van der Waals surface area (Å²) in [6.45, 7) is 6.02. The van der Waals surface area contributed by atoms with Gasteiger partial charge in [0, 0.05) is 0 Å². The van der Waals surface area contributed by atoms with Crippen LogP contribution in [0.2, 0.25) is 0 Å². The molecule has 0 saturated carbocycles. The average molecular weight is 139 g/mol. The normalized spacial score (nSPS) is 8.67. The van der Waals surface area contributed by atoms with E-state index in [9.17, 15) is 0 Å². The van der Waals surface area contributed by atoms with Crippen LogP contribution in [0.3, 0.4) is 0 Å². The summed E-state index contributed by atoms with van der Waals surface area (Å²) in [6, 6.07) is 0. The quantitative estimate of drug-likeness (QED) is 0.311. The van der Waals surface area contributed by atoms with Gasteiger partial charge in [-0.2, -0.15) is 6.42 Å². The van der Waals surface area contributed by atoms with Crippen molar-refractivity contribution in [3.63, 3.8) is 0 Å². The largest absolute Gasteiger partial charge is 2.00 e. The molecule has 1 heteroatoms. The smallest absolute Gasteiger partial charge is 1.00 e. The Morgan fingerprint density at radius 1 is 1.11 bits per heavy atom. The van der Waals surface area contributed by atoms with Gasteiger partial charge in [0.05, 0.1) is 0 Å². The molecule has 0 N–H and O–H groups in total. The van der Waals surface area contributed by atoms with Gasteiger partial charge in [0.1, 0.15) is 0 Å². The number of rotatable bonds is 5. The van der Waals surface area contributed by atoms with Gasteiger partial charge in [-0.3, -0.25) is 0 Å². The van der Waals surface area contributed by atoms with Crippen LogP contribution in [0.1, 0.15) is 46.9 Å². The second-order valence-corrected chi connectivity index (χ2v) is 2.27. The topological polar surface area (TPSA) is 0 Å². The maximum Gasteiger partial charge on any atom is 2.00 e. The summed E-state index contributed by atoms with van der Waals surface area (Å²) < 4.78 is 0. The minimum Gasteiger partial charge on any atom is -1.00 e. The van der Waals surface area contributed by atoms with E-state index in [-0.39, 0.29) is 24.5 Å². The first kappa shape index (κ1) is 12.4. The van der Waals surface area contributed by atoms with Gasteiger partial charge in [-0.05, 0) is 0 Å². The number of hydrogen-bond acceptors (Lipinski definition) is 0. The molecule has 52 valence electrons.